The lowest BCUT2D eigenvalue weighted by Gasteiger charge is -2.16. The first-order valence-corrected chi connectivity index (χ1v) is 9.50. The molecule has 0 spiro atoms. The second kappa shape index (κ2) is 9.12. The molecule has 4 nitrogen and oxygen atoms in total. The summed E-state index contributed by atoms with van der Waals surface area (Å²) in [5.41, 5.74) is -1.36. The molecule has 0 saturated heterocycles. The van der Waals surface area contributed by atoms with Gasteiger partial charge in [0.2, 0.25) is 5.88 Å². The maximum absolute atomic E-state index is 13.5. The lowest BCUT2D eigenvalue weighted by molar-refractivity contribution is -0.138. The largest absolute Gasteiger partial charge is 0.438 e. The van der Waals surface area contributed by atoms with Crippen molar-refractivity contribution in [3.63, 3.8) is 0 Å². The molecule has 10 heteroatoms. The summed E-state index contributed by atoms with van der Waals surface area (Å²) in [6, 6.07) is 11.2. The van der Waals surface area contributed by atoms with E-state index in [-0.39, 0.29) is 17.3 Å². The Kier molecular flexibility index (Phi) is 6.75. The van der Waals surface area contributed by atoms with Gasteiger partial charge in [-0.05, 0) is 48.0 Å². The average Bonchev–Trinajstić information content (AvgIpc) is 2.69. The Balaban J connectivity index is 1.92. The number of nitrogens with zero attached hydrogens (tertiary/aromatic N) is 1. The van der Waals surface area contributed by atoms with Crippen molar-refractivity contribution in [2.24, 2.45) is 0 Å². The number of pyridine rings is 1. The van der Waals surface area contributed by atoms with Crippen LogP contribution < -0.4 is 10.1 Å². The molecule has 2 aromatic carbocycles. The first-order valence-electron chi connectivity index (χ1n) is 8.37. The van der Waals surface area contributed by atoms with Crippen LogP contribution in [0.15, 0.2) is 54.7 Å². The summed E-state index contributed by atoms with van der Waals surface area (Å²) < 4.78 is 46.0. The summed E-state index contributed by atoms with van der Waals surface area (Å²) in [5.74, 6) is -1.32. The molecule has 0 fully saturated rings. The molecular formula is C20H12Cl3F3N2O2. The minimum absolute atomic E-state index is 0.0811. The molecule has 0 radical (unpaired) electrons. The Labute approximate surface area is 184 Å². The minimum atomic E-state index is -4.79. The van der Waals surface area contributed by atoms with Crippen molar-refractivity contribution in [2.75, 3.05) is 0 Å². The molecule has 3 rings (SSSR count). The highest BCUT2D eigenvalue weighted by molar-refractivity contribution is 6.42. The first kappa shape index (κ1) is 22.2. The fourth-order valence-corrected chi connectivity index (χ4v) is 2.96. The molecule has 0 saturated carbocycles. The van der Waals surface area contributed by atoms with Gasteiger partial charge in [0.1, 0.15) is 11.3 Å². The number of amides is 1. The third-order valence-electron chi connectivity index (χ3n) is 3.91. The quantitative estimate of drug-likeness (QED) is 0.442. The molecule has 1 aromatic heterocycles. The van der Waals surface area contributed by atoms with Gasteiger partial charge >= 0.3 is 6.18 Å². The van der Waals surface area contributed by atoms with E-state index in [0.29, 0.717) is 21.7 Å². The summed E-state index contributed by atoms with van der Waals surface area (Å²) in [4.78, 5) is 16.5. The van der Waals surface area contributed by atoms with Crippen LogP contribution in [0.3, 0.4) is 0 Å². The number of halogens is 6. The van der Waals surface area contributed by atoms with Crippen LogP contribution in [0.25, 0.3) is 0 Å². The first-order chi connectivity index (χ1) is 14.1. The summed E-state index contributed by atoms with van der Waals surface area (Å²) in [7, 11) is 0. The molecule has 1 heterocycles. The second-order valence-corrected chi connectivity index (χ2v) is 7.27. The standard InChI is InChI=1S/C20H12Cl3F3N2O2/c21-12-2-4-13(5-3-12)30-19-17(14(7-8-27-19)20(24,25)26)18(29)28-10-11-1-6-15(22)16(23)9-11/h1-9H,10H2,(H,28,29). The SMILES string of the molecule is O=C(NCc1ccc(Cl)c(Cl)c1)c1c(C(F)(F)F)ccnc1Oc1ccc(Cl)cc1. The highest BCUT2D eigenvalue weighted by Gasteiger charge is 2.37. The van der Waals surface area contributed by atoms with Gasteiger partial charge in [-0.2, -0.15) is 13.2 Å². The van der Waals surface area contributed by atoms with E-state index in [0.717, 1.165) is 6.20 Å². The van der Waals surface area contributed by atoms with Crippen molar-refractivity contribution in [1.29, 1.82) is 0 Å². The molecule has 1 N–H and O–H groups in total. The number of alkyl halides is 3. The van der Waals surface area contributed by atoms with Gasteiger partial charge in [0.05, 0.1) is 15.6 Å². The number of hydrogen-bond donors (Lipinski definition) is 1. The molecule has 0 unspecified atom stereocenters. The van der Waals surface area contributed by atoms with Crippen molar-refractivity contribution in [2.45, 2.75) is 12.7 Å². The van der Waals surface area contributed by atoms with E-state index in [2.05, 4.69) is 10.3 Å². The van der Waals surface area contributed by atoms with Gasteiger partial charge < -0.3 is 10.1 Å². The lowest BCUT2D eigenvalue weighted by Crippen LogP contribution is -2.27. The van der Waals surface area contributed by atoms with Crippen molar-refractivity contribution >= 4 is 40.7 Å². The second-order valence-electron chi connectivity index (χ2n) is 6.02. The van der Waals surface area contributed by atoms with Crippen LogP contribution in [0.1, 0.15) is 21.5 Å². The van der Waals surface area contributed by atoms with E-state index in [1.807, 2.05) is 0 Å². The van der Waals surface area contributed by atoms with E-state index in [1.54, 1.807) is 6.07 Å². The van der Waals surface area contributed by atoms with Gasteiger partial charge in [0.15, 0.2) is 0 Å². The number of aromatic nitrogens is 1. The van der Waals surface area contributed by atoms with Gasteiger partial charge in [-0.25, -0.2) is 4.98 Å². The van der Waals surface area contributed by atoms with Crippen molar-refractivity contribution in [1.82, 2.24) is 10.3 Å². The van der Waals surface area contributed by atoms with Crippen molar-refractivity contribution < 1.29 is 22.7 Å². The Bertz CT molecular complexity index is 1070. The molecule has 30 heavy (non-hydrogen) atoms. The highest BCUT2D eigenvalue weighted by Crippen LogP contribution is 2.36. The molecule has 3 aromatic rings. The predicted molar refractivity (Wildman–Crippen MR) is 108 cm³/mol. The number of rotatable bonds is 5. The maximum atomic E-state index is 13.5. The summed E-state index contributed by atoms with van der Waals surface area (Å²) in [5, 5.41) is 3.42. The zero-order valence-electron chi connectivity index (χ0n) is 14.9. The fraction of sp³-hybridized carbons (Fsp3) is 0.100. The highest BCUT2D eigenvalue weighted by atomic mass is 35.5. The zero-order valence-corrected chi connectivity index (χ0v) is 17.2. The van der Waals surface area contributed by atoms with Crippen LogP contribution in [-0.4, -0.2) is 10.9 Å². The van der Waals surface area contributed by atoms with Crippen LogP contribution in [0.2, 0.25) is 15.1 Å². The van der Waals surface area contributed by atoms with Gasteiger partial charge in [0.25, 0.3) is 5.91 Å². The Morgan fingerprint density at radius 1 is 1.00 bits per heavy atom. The molecule has 0 bridgehead atoms. The Morgan fingerprint density at radius 3 is 2.33 bits per heavy atom. The van der Waals surface area contributed by atoms with E-state index < -0.39 is 29.1 Å². The molecular weight excluding hydrogens is 464 g/mol. The molecule has 1 amide bonds. The Morgan fingerprint density at radius 2 is 1.70 bits per heavy atom. The zero-order chi connectivity index (χ0) is 21.9. The van der Waals surface area contributed by atoms with Gasteiger partial charge in [-0.15, -0.1) is 0 Å². The minimum Gasteiger partial charge on any atom is -0.438 e. The lowest BCUT2D eigenvalue weighted by atomic mass is 10.1. The fourth-order valence-electron chi connectivity index (χ4n) is 2.51. The van der Waals surface area contributed by atoms with Crippen LogP contribution >= 0.6 is 34.8 Å². The number of hydrogen-bond acceptors (Lipinski definition) is 3. The summed E-state index contributed by atoms with van der Waals surface area (Å²) in [6.45, 7) is -0.0811. The molecule has 0 atom stereocenters. The molecule has 156 valence electrons. The van der Waals surface area contributed by atoms with Crippen LogP contribution in [0.5, 0.6) is 11.6 Å². The van der Waals surface area contributed by atoms with E-state index in [1.165, 1.54) is 36.4 Å². The number of carbonyl (C=O) groups excluding carboxylic acids is 1. The predicted octanol–water partition coefficient (Wildman–Crippen LogP) is 6.78. The number of benzene rings is 2. The number of nitrogens with one attached hydrogen (secondary N) is 1. The monoisotopic (exact) mass is 474 g/mol. The topological polar surface area (TPSA) is 51.2 Å². The molecule has 0 aliphatic rings. The van der Waals surface area contributed by atoms with E-state index >= 15 is 0 Å². The van der Waals surface area contributed by atoms with Gasteiger partial charge in [0, 0.05) is 17.8 Å². The van der Waals surface area contributed by atoms with Crippen LogP contribution in [0.4, 0.5) is 13.2 Å². The summed E-state index contributed by atoms with van der Waals surface area (Å²) >= 11 is 17.6. The normalized spacial score (nSPS) is 11.3. The van der Waals surface area contributed by atoms with E-state index in [9.17, 15) is 18.0 Å². The third kappa shape index (κ3) is 5.36. The number of ether oxygens (including phenoxy) is 1. The molecule has 0 aliphatic heterocycles. The van der Waals surface area contributed by atoms with Crippen LogP contribution in [0, 0.1) is 0 Å². The van der Waals surface area contributed by atoms with Crippen LogP contribution in [-0.2, 0) is 12.7 Å². The summed E-state index contributed by atoms with van der Waals surface area (Å²) in [6.07, 6.45) is -3.87. The van der Waals surface area contributed by atoms with Crippen molar-refractivity contribution in [3.8, 4) is 11.6 Å². The third-order valence-corrected chi connectivity index (χ3v) is 4.90. The maximum Gasteiger partial charge on any atom is 0.417 e. The smallest absolute Gasteiger partial charge is 0.417 e. The average molecular weight is 476 g/mol. The number of carbonyl (C=O) groups is 1. The van der Waals surface area contributed by atoms with Gasteiger partial charge in [-0.3, -0.25) is 4.79 Å². The van der Waals surface area contributed by atoms with Crippen molar-refractivity contribution in [3.05, 3.63) is 86.5 Å². The Hall–Kier alpha value is -2.48. The van der Waals surface area contributed by atoms with Gasteiger partial charge in [-0.1, -0.05) is 40.9 Å². The van der Waals surface area contributed by atoms with E-state index in [4.69, 9.17) is 39.5 Å². The molecule has 0 aliphatic carbocycles.